The summed E-state index contributed by atoms with van der Waals surface area (Å²) in [5.74, 6) is -0.796. The number of hydrogen-bond donors (Lipinski definition) is 0. The highest BCUT2D eigenvalue weighted by Crippen LogP contribution is 2.18. The molecule has 0 unspecified atom stereocenters. The largest absolute Gasteiger partial charge is 0.452 e. The van der Waals surface area contributed by atoms with Gasteiger partial charge in [0.25, 0.3) is 5.91 Å². The number of carbonyl (C=O) groups is 2. The normalized spacial score (nSPS) is 10.4. The SMILES string of the molecule is CSc1ncccc1C(=O)OCC(=O)N(Cc1ccccc1)Cc1ccccc1. The molecule has 148 valence electrons. The Morgan fingerprint density at radius 3 is 2.03 bits per heavy atom. The Labute approximate surface area is 174 Å². The lowest BCUT2D eigenvalue weighted by Gasteiger charge is -2.23. The summed E-state index contributed by atoms with van der Waals surface area (Å²) in [4.78, 5) is 31.1. The van der Waals surface area contributed by atoms with Gasteiger partial charge >= 0.3 is 5.97 Å². The molecule has 3 aromatic rings. The molecular formula is C23H22N2O3S. The number of ether oxygens (including phenoxy) is 1. The fraction of sp³-hybridized carbons (Fsp3) is 0.174. The van der Waals surface area contributed by atoms with Gasteiger partial charge in [-0.05, 0) is 29.5 Å². The summed E-state index contributed by atoms with van der Waals surface area (Å²) in [6.07, 6.45) is 3.46. The van der Waals surface area contributed by atoms with E-state index in [1.807, 2.05) is 66.9 Å². The van der Waals surface area contributed by atoms with Crippen molar-refractivity contribution < 1.29 is 14.3 Å². The number of nitrogens with zero attached hydrogens (tertiary/aromatic N) is 2. The van der Waals surface area contributed by atoms with Gasteiger partial charge in [0.15, 0.2) is 6.61 Å². The molecule has 0 atom stereocenters. The predicted molar refractivity (Wildman–Crippen MR) is 113 cm³/mol. The second-order valence-electron chi connectivity index (χ2n) is 6.36. The third kappa shape index (κ3) is 5.93. The number of pyridine rings is 1. The smallest absolute Gasteiger partial charge is 0.341 e. The summed E-state index contributed by atoms with van der Waals surface area (Å²) in [6, 6.07) is 22.8. The first-order chi connectivity index (χ1) is 14.2. The van der Waals surface area contributed by atoms with E-state index in [0.717, 1.165) is 11.1 Å². The maximum absolute atomic E-state index is 12.9. The number of thioether (sulfide) groups is 1. The number of rotatable bonds is 8. The Balaban J connectivity index is 1.69. The molecule has 0 aliphatic carbocycles. The summed E-state index contributed by atoms with van der Waals surface area (Å²) in [7, 11) is 0. The van der Waals surface area contributed by atoms with Crippen molar-refractivity contribution in [3.8, 4) is 0 Å². The zero-order valence-corrected chi connectivity index (χ0v) is 17.0. The Hall–Kier alpha value is -3.12. The lowest BCUT2D eigenvalue weighted by molar-refractivity contribution is -0.135. The van der Waals surface area contributed by atoms with Gasteiger partial charge in [-0.2, -0.15) is 0 Å². The van der Waals surface area contributed by atoms with Crippen molar-refractivity contribution >= 4 is 23.6 Å². The van der Waals surface area contributed by atoms with E-state index in [0.29, 0.717) is 23.7 Å². The molecule has 1 aromatic heterocycles. The van der Waals surface area contributed by atoms with Gasteiger partial charge in [0, 0.05) is 19.3 Å². The second-order valence-corrected chi connectivity index (χ2v) is 7.15. The number of benzene rings is 2. The minimum Gasteiger partial charge on any atom is -0.452 e. The number of amides is 1. The molecule has 0 fully saturated rings. The minimum atomic E-state index is -0.546. The van der Waals surface area contributed by atoms with Crippen molar-refractivity contribution in [2.45, 2.75) is 18.1 Å². The molecule has 0 bridgehead atoms. The molecule has 5 nitrogen and oxygen atoms in total. The molecule has 0 spiro atoms. The van der Waals surface area contributed by atoms with Gasteiger partial charge in [-0.15, -0.1) is 11.8 Å². The fourth-order valence-corrected chi connectivity index (χ4v) is 3.38. The van der Waals surface area contributed by atoms with Crippen molar-refractivity contribution in [3.05, 3.63) is 95.7 Å². The Morgan fingerprint density at radius 2 is 1.48 bits per heavy atom. The van der Waals surface area contributed by atoms with E-state index in [4.69, 9.17) is 4.74 Å². The first kappa shape index (κ1) is 20.6. The van der Waals surface area contributed by atoms with Crippen LogP contribution in [0.5, 0.6) is 0 Å². The summed E-state index contributed by atoms with van der Waals surface area (Å²) < 4.78 is 5.31. The lowest BCUT2D eigenvalue weighted by Crippen LogP contribution is -2.34. The topological polar surface area (TPSA) is 59.5 Å². The first-order valence-electron chi connectivity index (χ1n) is 9.19. The number of aromatic nitrogens is 1. The van der Waals surface area contributed by atoms with Crippen molar-refractivity contribution in [3.63, 3.8) is 0 Å². The van der Waals surface area contributed by atoms with E-state index in [-0.39, 0.29) is 12.5 Å². The molecule has 29 heavy (non-hydrogen) atoms. The Kier molecular flexibility index (Phi) is 7.41. The summed E-state index contributed by atoms with van der Waals surface area (Å²) in [5.41, 5.74) is 2.39. The molecule has 0 aliphatic heterocycles. The highest BCUT2D eigenvalue weighted by atomic mass is 32.2. The van der Waals surface area contributed by atoms with E-state index in [1.54, 1.807) is 23.2 Å². The highest BCUT2D eigenvalue weighted by molar-refractivity contribution is 7.98. The van der Waals surface area contributed by atoms with Crippen LogP contribution in [0.3, 0.4) is 0 Å². The van der Waals surface area contributed by atoms with Crippen LogP contribution in [0.4, 0.5) is 0 Å². The number of esters is 1. The van der Waals surface area contributed by atoms with Crippen LogP contribution in [0.15, 0.2) is 84.0 Å². The van der Waals surface area contributed by atoms with Crippen LogP contribution in [0.1, 0.15) is 21.5 Å². The zero-order chi connectivity index (χ0) is 20.5. The molecule has 1 amide bonds. The van der Waals surface area contributed by atoms with Gasteiger partial charge in [-0.25, -0.2) is 9.78 Å². The third-order valence-corrected chi connectivity index (χ3v) is 5.01. The maximum atomic E-state index is 12.9. The van der Waals surface area contributed by atoms with Gasteiger partial charge in [0.05, 0.1) is 5.56 Å². The third-order valence-electron chi connectivity index (χ3n) is 4.30. The summed E-state index contributed by atoms with van der Waals surface area (Å²) in [6.45, 7) is 0.561. The van der Waals surface area contributed by atoms with Crippen LogP contribution in [0, 0.1) is 0 Å². The molecule has 1 heterocycles. The van der Waals surface area contributed by atoms with Gasteiger partial charge < -0.3 is 9.64 Å². The van der Waals surface area contributed by atoms with Crippen LogP contribution in [0.25, 0.3) is 0 Å². The average molecular weight is 407 g/mol. The van der Waals surface area contributed by atoms with Crippen LogP contribution in [0.2, 0.25) is 0 Å². The predicted octanol–water partition coefficient (Wildman–Crippen LogP) is 4.19. The number of carbonyl (C=O) groups excluding carboxylic acids is 2. The number of hydrogen-bond acceptors (Lipinski definition) is 5. The Morgan fingerprint density at radius 1 is 0.897 bits per heavy atom. The van der Waals surface area contributed by atoms with E-state index in [2.05, 4.69) is 4.98 Å². The monoisotopic (exact) mass is 406 g/mol. The van der Waals surface area contributed by atoms with Crippen LogP contribution in [-0.4, -0.2) is 34.6 Å². The van der Waals surface area contributed by atoms with Gasteiger partial charge in [-0.1, -0.05) is 60.7 Å². The molecule has 0 saturated carbocycles. The molecule has 6 heteroatoms. The van der Waals surface area contributed by atoms with E-state index >= 15 is 0 Å². The quantitative estimate of drug-likeness (QED) is 0.415. The molecule has 3 rings (SSSR count). The molecule has 2 aromatic carbocycles. The van der Waals surface area contributed by atoms with E-state index in [9.17, 15) is 9.59 Å². The summed E-state index contributed by atoms with van der Waals surface area (Å²) >= 11 is 1.36. The molecular weight excluding hydrogens is 384 g/mol. The van der Waals surface area contributed by atoms with Gasteiger partial charge in [-0.3, -0.25) is 4.79 Å². The van der Waals surface area contributed by atoms with Gasteiger partial charge in [0.1, 0.15) is 5.03 Å². The molecule has 0 saturated heterocycles. The zero-order valence-electron chi connectivity index (χ0n) is 16.2. The van der Waals surface area contributed by atoms with Gasteiger partial charge in [0.2, 0.25) is 0 Å². The molecule has 0 radical (unpaired) electrons. The maximum Gasteiger partial charge on any atom is 0.341 e. The molecule has 0 aliphatic rings. The van der Waals surface area contributed by atoms with Crippen LogP contribution >= 0.6 is 11.8 Å². The van der Waals surface area contributed by atoms with Crippen LogP contribution in [-0.2, 0) is 22.6 Å². The van der Waals surface area contributed by atoms with E-state index < -0.39 is 5.97 Å². The average Bonchev–Trinajstić information content (AvgIpc) is 2.78. The first-order valence-corrected chi connectivity index (χ1v) is 10.4. The summed E-state index contributed by atoms with van der Waals surface area (Å²) in [5, 5.41) is 0.579. The van der Waals surface area contributed by atoms with Crippen molar-refractivity contribution in [2.75, 3.05) is 12.9 Å². The van der Waals surface area contributed by atoms with Crippen LogP contribution < -0.4 is 0 Å². The molecule has 0 N–H and O–H groups in total. The lowest BCUT2D eigenvalue weighted by atomic mass is 10.1. The Bertz CT molecular complexity index is 907. The van der Waals surface area contributed by atoms with Crippen molar-refractivity contribution in [2.24, 2.45) is 0 Å². The standard InChI is InChI=1S/C23H22N2O3S/c1-29-22-20(13-8-14-24-22)23(27)28-17-21(26)25(15-18-9-4-2-5-10-18)16-19-11-6-3-7-12-19/h2-14H,15-17H2,1H3. The van der Waals surface area contributed by atoms with Crippen molar-refractivity contribution in [1.29, 1.82) is 0 Å². The fourth-order valence-electron chi connectivity index (χ4n) is 2.85. The highest BCUT2D eigenvalue weighted by Gasteiger charge is 2.19. The van der Waals surface area contributed by atoms with Crippen molar-refractivity contribution in [1.82, 2.24) is 9.88 Å². The minimum absolute atomic E-state index is 0.249. The van der Waals surface area contributed by atoms with E-state index in [1.165, 1.54) is 11.8 Å². The second kappa shape index (κ2) is 10.4.